The van der Waals surface area contributed by atoms with Gasteiger partial charge in [0.2, 0.25) is 0 Å². The van der Waals surface area contributed by atoms with Crippen molar-refractivity contribution in [3.8, 4) is 33.9 Å². The summed E-state index contributed by atoms with van der Waals surface area (Å²) in [5, 5.41) is 17.1. The highest BCUT2D eigenvalue weighted by atomic mass is 15.4. The molecule has 0 saturated heterocycles. The molecular weight excluding hydrogens is 496 g/mol. The normalized spacial score (nSPS) is 10.9. The summed E-state index contributed by atoms with van der Waals surface area (Å²) < 4.78 is 3.69. The number of hydrogen-bond donors (Lipinski definition) is 0. The number of rotatable bonds is 4. The number of hydrogen-bond acceptors (Lipinski definition) is 6. The number of aromatic nitrogens is 8. The second-order valence-corrected chi connectivity index (χ2v) is 9.17. The molecule has 0 aliphatic carbocycles. The first-order chi connectivity index (χ1) is 19.7. The molecule has 7 rings (SSSR count). The van der Waals surface area contributed by atoms with Crippen molar-refractivity contribution in [3.05, 3.63) is 122 Å². The predicted octanol–water partition coefficient (Wildman–Crippen LogP) is 6.70. The van der Waals surface area contributed by atoms with Crippen molar-refractivity contribution in [2.75, 3.05) is 0 Å². The van der Waals surface area contributed by atoms with E-state index in [4.69, 9.17) is 9.97 Å². The van der Waals surface area contributed by atoms with Gasteiger partial charge in [-0.05, 0) is 80.1 Å². The molecule has 8 heteroatoms. The molecule has 0 radical (unpaired) electrons. The van der Waals surface area contributed by atoms with Crippen LogP contribution in [0.5, 0.6) is 0 Å². The Morgan fingerprint density at radius 3 is 1.43 bits per heavy atom. The van der Waals surface area contributed by atoms with E-state index in [1.165, 1.54) is 0 Å². The topological polar surface area (TPSA) is 87.2 Å². The Labute approximate surface area is 231 Å². The van der Waals surface area contributed by atoms with Crippen molar-refractivity contribution in [2.24, 2.45) is 0 Å². The largest absolute Gasteiger partial charge is 0.233 e. The Bertz CT molecular complexity index is 1930. The summed E-state index contributed by atoms with van der Waals surface area (Å²) in [5.41, 5.74) is 10.5. The van der Waals surface area contributed by atoms with Gasteiger partial charge in [0.1, 0.15) is 11.0 Å². The summed E-state index contributed by atoms with van der Waals surface area (Å²) in [6.07, 6.45) is 0. The fraction of sp³-hybridized carbons (Fsp3) is 0.0625. The van der Waals surface area contributed by atoms with Crippen LogP contribution in [0.4, 0.5) is 0 Å². The molecule has 194 valence electrons. The maximum Gasteiger partial charge on any atom is 0.159 e. The van der Waals surface area contributed by atoms with Crippen LogP contribution in [0.3, 0.4) is 0 Å². The molecule has 0 bridgehead atoms. The van der Waals surface area contributed by atoms with Crippen molar-refractivity contribution in [1.29, 1.82) is 0 Å². The van der Waals surface area contributed by atoms with Gasteiger partial charge < -0.3 is 0 Å². The quantitative estimate of drug-likeness (QED) is 0.239. The number of nitrogens with zero attached hydrogens (tertiary/aromatic N) is 8. The maximum atomic E-state index is 4.86. The van der Waals surface area contributed by atoms with Crippen molar-refractivity contribution >= 4 is 22.1 Å². The third kappa shape index (κ3) is 4.31. The van der Waals surface area contributed by atoms with Gasteiger partial charge in [0.25, 0.3) is 0 Å². The zero-order valence-electron chi connectivity index (χ0n) is 22.2. The average molecular weight is 523 g/mol. The van der Waals surface area contributed by atoms with Crippen LogP contribution in [0.25, 0.3) is 56.0 Å². The van der Waals surface area contributed by atoms with Gasteiger partial charge in [-0.2, -0.15) is 0 Å². The highest BCUT2D eigenvalue weighted by Gasteiger charge is 2.14. The van der Waals surface area contributed by atoms with Gasteiger partial charge in [0.15, 0.2) is 5.82 Å². The van der Waals surface area contributed by atoms with Gasteiger partial charge in [0.05, 0.1) is 22.4 Å². The van der Waals surface area contributed by atoms with Crippen molar-refractivity contribution in [2.45, 2.75) is 13.8 Å². The monoisotopic (exact) mass is 522 g/mol. The maximum absolute atomic E-state index is 4.86. The molecule has 0 aliphatic heterocycles. The van der Waals surface area contributed by atoms with Crippen LogP contribution < -0.4 is 0 Å². The number of para-hydroxylation sites is 2. The van der Waals surface area contributed by atoms with E-state index in [0.29, 0.717) is 5.82 Å². The number of fused-ring (bicyclic) bond motifs is 2. The van der Waals surface area contributed by atoms with Crippen LogP contribution in [-0.4, -0.2) is 40.0 Å². The first-order valence-electron chi connectivity index (χ1n) is 12.8. The smallest absolute Gasteiger partial charge is 0.159 e. The van der Waals surface area contributed by atoms with Crippen LogP contribution in [0.2, 0.25) is 0 Å². The molecule has 0 aliphatic rings. The van der Waals surface area contributed by atoms with Gasteiger partial charge in [-0.25, -0.2) is 19.3 Å². The minimum atomic E-state index is 0.699. The summed E-state index contributed by atoms with van der Waals surface area (Å²) in [4.78, 5) is 9.73. The van der Waals surface area contributed by atoms with Gasteiger partial charge in [-0.3, -0.25) is 0 Å². The highest BCUT2D eigenvalue weighted by molar-refractivity contribution is 5.77. The lowest BCUT2D eigenvalue weighted by Crippen LogP contribution is -2.01. The Kier molecular flexibility index (Phi) is 6.41. The fourth-order valence-electron chi connectivity index (χ4n) is 4.90. The standard InChI is InChI=1S/C30H22N8.C2H4/c1-19-29(21-11-15-23(16-12-21)37-27-9-5-3-7-25(27)33-35-37)20(2)32-30(31-19)22-13-17-24(18-14-22)38-28-10-6-4-8-26(28)34-36-38;1-2/h3-18H,1-2H3;1-2H2. The number of aryl methyl sites for hydroxylation is 2. The van der Waals surface area contributed by atoms with Crippen LogP contribution in [-0.2, 0) is 0 Å². The first-order valence-corrected chi connectivity index (χ1v) is 12.8. The van der Waals surface area contributed by atoms with E-state index in [0.717, 1.165) is 61.5 Å². The average Bonchev–Trinajstić information content (AvgIpc) is 3.63. The van der Waals surface area contributed by atoms with E-state index in [-0.39, 0.29) is 0 Å². The SMILES string of the molecule is C=C.Cc1nc(-c2ccc(-n3nnc4ccccc43)cc2)nc(C)c1-c1ccc(-n2nnc3ccccc32)cc1. The first kappa shape index (κ1) is 24.8. The van der Waals surface area contributed by atoms with Crippen molar-refractivity contribution in [1.82, 2.24) is 40.0 Å². The summed E-state index contributed by atoms with van der Waals surface area (Å²) >= 11 is 0. The summed E-state index contributed by atoms with van der Waals surface area (Å²) in [7, 11) is 0. The lowest BCUT2D eigenvalue weighted by molar-refractivity contribution is 0.824. The summed E-state index contributed by atoms with van der Waals surface area (Å²) in [6.45, 7) is 10.1. The zero-order chi connectivity index (χ0) is 27.6. The molecule has 40 heavy (non-hydrogen) atoms. The second kappa shape index (κ2) is 10.3. The van der Waals surface area contributed by atoms with E-state index in [1.807, 2.05) is 96.0 Å². The van der Waals surface area contributed by atoms with E-state index < -0.39 is 0 Å². The Morgan fingerprint density at radius 1 is 0.525 bits per heavy atom. The molecule has 8 nitrogen and oxygen atoms in total. The predicted molar refractivity (Wildman–Crippen MR) is 158 cm³/mol. The van der Waals surface area contributed by atoms with Crippen LogP contribution in [0, 0.1) is 13.8 Å². The fourth-order valence-corrected chi connectivity index (χ4v) is 4.90. The molecule has 3 aromatic heterocycles. The van der Waals surface area contributed by atoms with Gasteiger partial charge in [-0.15, -0.1) is 23.4 Å². The Morgan fingerprint density at radius 2 is 0.950 bits per heavy atom. The third-order valence-corrected chi connectivity index (χ3v) is 6.75. The summed E-state index contributed by atoms with van der Waals surface area (Å²) in [5.74, 6) is 0.699. The molecule has 0 N–H and O–H groups in total. The second-order valence-electron chi connectivity index (χ2n) is 9.17. The molecule has 0 amide bonds. The molecule has 7 aromatic rings. The zero-order valence-corrected chi connectivity index (χ0v) is 22.2. The van der Waals surface area contributed by atoms with Crippen LogP contribution >= 0.6 is 0 Å². The molecule has 4 aromatic carbocycles. The Hall–Kier alpha value is -5.50. The van der Waals surface area contributed by atoms with E-state index in [1.54, 1.807) is 0 Å². The van der Waals surface area contributed by atoms with E-state index in [2.05, 4.69) is 58.0 Å². The molecule has 0 spiro atoms. The van der Waals surface area contributed by atoms with E-state index in [9.17, 15) is 0 Å². The molecule has 0 saturated carbocycles. The van der Waals surface area contributed by atoms with E-state index >= 15 is 0 Å². The molecular formula is C32H26N8. The minimum absolute atomic E-state index is 0.699. The molecule has 0 fully saturated rings. The molecule has 0 unspecified atom stereocenters. The van der Waals surface area contributed by atoms with Crippen LogP contribution in [0.1, 0.15) is 11.4 Å². The van der Waals surface area contributed by atoms with Crippen LogP contribution in [0.15, 0.2) is 110 Å². The lowest BCUT2D eigenvalue weighted by Gasteiger charge is -2.12. The Balaban J connectivity index is 0.00000142. The van der Waals surface area contributed by atoms with Gasteiger partial charge in [-0.1, -0.05) is 46.8 Å². The third-order valence-electron chi connectivity index (χ3n) is 6.75. The molecule has 0 atom stereocenters. The summed E-state index contributed by atoms with van der Waals surface area (Å²) in [6, 6.07) is 32.2. The van der Waals surface area contributed by atoms with Gasteiger partial charge >= 0.3 is 0 Å². The van der Waals surface area contributed by atoms with Crippen molar-refractivity contribution in [3.63, 3.8) is 0 Å². The van der Waals surface area contributed by atoms with Gasteiger partial charge in [0, 0.05) is 22.5 Å². The van der Waals surface area contributed by atoms with Crippen molar-refractivity contribution < 1.29 is 0 Å². The highest BCUT2D eigenvalue weighted by Crippen LogP contribution is 2.29. The number of benzene rings is 4. The molecule has 3 heterocycles. The minimum Gasteiger partial charge on any atom is -0.233 e. The lowest BCUT2D eigenvalue weighted by atomic mass is 10.0.